The Labute approximate surface area is 135 Å². The van der Waals surface area contributed by atoms with Crippen LogP contribution in [0.1, 0.15) is 24.1 Å². The van der Waals surface area contributed by atoms with Crippen LogP contribution in [-0.2, 0) is 9.59 Å². The zero-order valence-corrected chi connectivity index (χ0v) is 13.4. The first-order chi connectivity index (χ1) is 11.0. The smallest absolute Gasteiger partial charge is 0.313 e. The maximum absolute atomic E-state index is 12.0. The van der Waals surface area contributed by atoms with Crippen LogP contribution in [0.2, 0.25) is 0 Å². The van der Waals surface area contributed by atoms with Gasteiger partial charge in [0.2, 0.25) is 0 Å². The highest BCUT2D eigenvalue weighted by Crippen LogP contribution is 2.17. The van der Waals surface area contributed by atoms with Crippen LogP contribution in [0.25, 0.3) is 0 Å². The quantitative estimate of drug-likeness (QED) is 0.853. The molecule has 0 aliphatic carbocycles. The number of aryl methyl sites for hydroxylation is 1. The Morgan fingerprint density at radius 2 is 1.65 bits per heavy atom. The molecule has 0 aliphatic rings. The molecule has 2 amide bonds. The molecule has 1 atom stereocenters. The molecular formula is C18H20N2O3. The average Bonchev–Trinajstić information content (AvgIpc) is 2.56. The molecule has 23 heavy (non-hydrogen) atoms. The lowest BCUT2D eigenvalue weighted by Gasteiger charge is -2.15. The minimum absolute atomic E-state index is 0.281. The summed E-state index contributed by atoms with van der Waals surface area (Å²) in [5, 5.41) is 5.30. The third kappa shape index (κ3) is 4.32. The van der Waals surface area contributed by atoms with Gasteiger partial charge in [-0.3, -0.25) is 9.59 Å². The Kier molecular flexibility index (Phi) is 5.36. The van der Waals surface area contributed by atoms with Crippen LogP contribution in [0.15, 0.2) is 48.5 Å². The predicted octanol–water partition coefficient (Wildman–Crippen LogP) is 2.82. The molecule has 0 fully saturated rings. The van der Waals surface area contributed by atoms with E-state index in [1.165, 1.54) is 0 Å². The number of methoxy groups -OCH3 is 1. The SMILES string of the molecule is COc1ccc(C(C)NC(=O)C(=O)Nc2ccccc2C)cc1. The van der Waals surface area contributed by atoms with Gasteiger partial charge in [0, 0.05) is 5.69 Å². The summed E-state index contributed by atoms with van der Waals surface area (Å²) in [4.78, 5) is 24.0. The molecule has 5 heteroatoms. The highest BCUT2D eigenvalue weighted by molar-refractivity contribution is 6.39. The fourth-order valence-corrected chi connectivity index (χ4v) is 2.13. The zero-order chi connectivity index (χ0) is 16.8. The Bertz CT molecular complexity index is 696. The number of nitrogens with one attached hydrogen (secondary N) is 2. The van der Waals surface area contributed by atoms with Gasteiger partial charge in [-0.05, 0) is 43.2 Å². The second kappa shape index (κ2) is 7.45. The van der Waals surface area contributed by atoms with Crippen molar-refractivity contribution in [3.05, 3.63) is 59.7 Å². The van der Waals surface area contributed by atoms with E-state index in [1.807, 2.05) is 50.2 Å². The first kappa shape index (κ1) is 16.5. The highest BCUT2D eigenvalue weighted by atomic mass is 16.5. The van der Waals surface area contributed by atoms with Crippen LogP contribution >= 0.6 is 0 Å². The summed E-state index contributed by atoms with van der Waals surface area (Å²) in [5.41, 5.74) is 2.42. The fourth-order valence-electron chi connectivity index (χ4n) is 2.13. The summed E-state index contributed by atoms with van der Waals surface area (Å²) < 4.78 is 5.09. The fraction of sp³-hybridized carbons (Fsp3) is 0.222. The van der Waals surface area contributed by atoms with Gasteiger partial charge in [-0.2, -0.15) is 0 Å². The van der Waals surface area contributed by atoms with Gasteiger partial charge in [0.25, 0.3) is 0 Å². The van der Waals surface area contributed by atoms with Gasteiger partial charge in [0.05, 0.1) is 13.2 Å². The van der Waals surface area contributed by atoms with Crippen molar-refractivity contribution in [3.8, 4) is 5.75 Å². The topological polar surface area (TPSA) is 67.4 Å². The first-order valence-corrected chi connectivity index (χ1v) is 7.32. The first-order valence-electron chi connectivity index (χ1n) is 7.32. The summed E-state index contributed by atoms with van der Waals surface area (Å²) in [5.74, 6) is -0.610. The molecule has 0 saturated carbocycles. The average molecular weight is 312 g/mol. The minimum Gasteiger partial charge on any atom is -0.497 e. The molecule has 0 radical (unpaired) electrons. The number of anilines is 1. The van der Waals surface area contributed by atoms with E-state index in [0.29, 0.717) is 5.69 Å². The molecule has 0 aromatic heterocycles. The molecule has 0 saturated heterocycles. The van der Waals surface area contributed by atoms with E-state index in [4.69, 9.17) is 4.74 Å². The standard InChI is InChI=1S/C18H20N2O3/c1-12-6-4-5-7-16(12)20-18(22)17(21)19-13(2)14-8-10-15(23-3)11-9-14/h4-11,13H,1-3H3,(H,19,21)(H,20,22). The van der Waals surface area contributed by atoms with E-state index in [-0.39, 0.29) is 6.04 Å². The van der Waals surface area contributed by atoms with E-state index in [1.54, 1.807) is 19.2 Å². The van der Waals surface area contributed by atoms with Crippen LogP contribution in [0.5, 0.6) is 5.75 Å². The van der Waals surface area contributed by atoms with Crippen LogP contribution in [0.4, 0.5) is 5.69 Å². The summed E-state index contributed by atoms with van der Waals surface area (Å²) in [7, 11) is 1.59. The molecule has 2 rings (SSSR count). The molecule has 0 bridgehead atoms. The molecule has 0 spiro atoms. The van der Waals surface area contributed by atoms with E-state index >= 15 is 0 Å². The van der Waals surface area contributed by atoms with Crippen molar-refractivity contribution in [2.24, 2.45) is 0 Å². The number of para-hydroxylation sites is 1. The normalized spacial score (nSPS) is 11.4. The molecule has 5 nitrogen and oxygen atoms in total. The highest BCUT2D eigenvalue weighted by Gasteiger charge is 2.17. The van der Waals surface area contributed by atoms with Crippen LogP contribution in [0, 0.1) is 6.92 Å². The second-order valence-corrected chi connectivity index (χ2v) is 5.24. The maximum atomic E-state index is 12.0. The van der Waals surface area contributed by atoms with E-state index in [0.717, 1.165) is 16.9 Å². The Morgan fingerprint density at radius 1 is 1.00 bits per heavy atom. The third-order valence-electron chi connectivity index (χ3n) is 3.56. The van der Waals surface area contributed by atoms with Crippen molar-refractivity contribution in [1.29, 1.82) is 0 Å². The van der Waals surface area contributed by atoms with Crippen molar-refractivity contribution in [2.75, 3.05) is 12.4 Å². The zero-order valence-electron chi connectivity index (χ0n) is 13.4. The number of rotatable bonds is 4. The Hall–Kier alpha value is -2.82. The summed E-state index contributed by atoms with van der Waals surface area (Å²) in [6.07, 6.45) is 0. The van der Waals surface area contributed by atoms with Crippen molar-refractivity contribution < 1.29 is 14.3 Å². The summed E-state index contributed by atoms with van der Waals surface area (Å²) in [6.45, 7) is 3.69. The van der Waals surface area contributed by atoms with E-state index < -0.39 is 11.8 Å². The van der Waals surface area contributed by atoms with Gasteiger partial charge < -0.3 is 15.4 Å². The molecular weight excluding hydrogens is 292 g/mol. The predicted molar refractivity (Wildman–Crippen MR) is 89.4 cm³/mol. The third-order valence-corrected chi connectivity index (χ3v) is 3.56. The molecule has 2 aromatic rings. The second-order valence-electron chi connectivity index (χ2n) is 5.24. The molecule has 0 heterocycles. The van der Waals surface area contributed by atoms with Crippen LogP contribution < -0.4 is 15.4 Å². The Morgan fingerprint density at radius 3 is 2.26 bits per heavy atom. The number of benzene rings is 2. The van der Waals surface area contributed by atoms with Gasteiger partial charge in [-0.15, -0.1) is 0 Å². The molecule has 1 unspecified atom stereocenters. The van der Waals surface area contributed by atoms with Gasteiger partial charge in [0.1, 0.15) is 5.75 Å². The number of hydrogen-bond donors (Lipinski definition) is 2. The number of ether oxygens (including phenoxy) is 1. The van der Waals surface area contributed by atoms with Crippen molar-refractivity contribution >= 4 is 17.5 Å². The molecule has 0 aliphatic heterocycles. The number of carbonyl (C=O) groups excluding carboxylic acids is 2. The van der Waals surface area contributed by atoms with Gasteiger partial charge in [-0.25, -0.2) is 0 Å². The van der Waals surface area contributed by atoms with Crippen LogP contribution in [0.3, 0.4) is 0 Å². The monoisotopic (exact) mass is 312 g/mol. The number of carbonyl (C=O) groups is 2. The van der Waals surface area contributed by atoms with Crippen LogP contribution in [-0.4, -0.2) is 18.9 Å². The summed E-state index contributed by atoms with van der Waals surface area (Å²) >= 11 is 0. The van der Waals surface area contributed by atoms with Crippen molar-refractivity contribution in [1.82, 2.24) is 5.32 Å². The Balaban J connectivity index is 1.97. The van der Waals surface area contributed by atoms with E-state index in [9.17, 15) is 9.59 Å². The lowest BCUT2D eigenvalue weighted by atomic mass is 10.1. The minimum atomic E-state index is -0.681. The number of hydrogen-bond acceptors (Lipinski definition) is 3. The van der Waals surface area contributed by atoms with Crippen molar-refractivity contribution in [3.63, 3.8) is 0 Å². The van der Waals surface area contributed by atoms with Gasteiger partial charge in [0.15, 0.2) is 0 Å². The largest absolute Gasteiger partial charge is 0.497 e. The maximum Gasteiger partial charge on any atom is 0.313 e. The molecule has 120 valence electrons. The molecule has 2 aromatic carbocycles. The summed E-state index contributed by atoms with van der Waals surface area (Å²) in [6, 6.07) is 14.3. The van der Waals surface area contributed by atoms with Gasteiger partial charge in [-0.1, -0.05) is 30.3 Å². The lowest BCUT2D eigenvalue weighted by molar-refractivity contribution is -0.136. The van der Waals surface area contributed by atoms with E-state index in [2.05, 4.69) is 10.6 Å². The van der Waals surface area contributed by atoms with Gasteiger partial charge >= 0.3 is 11.8 Å². The molecule has 2 N–H and O–H groups in total. The van der Waals surface area contributed by atoms with Crippen molar-refractivity contribution in [2.45, 2.75) is 19.9 Å². The lowest BCUT2D eigenvalue weighted by Crippen LogP contribution is -2.37. The number of amides is 2.